The molecule has 5 heteroatoms. The minimum Gasteiger partial charge on any atom is -0.497 e. The maximum absolute atomic E-state index is 12.6. The summed E-state index contributed by atoms with van der Waals surface area (Å²) in [6.07, 6.45) is 0. The van der Waals surface area contributed by atoms with Crippen molar-refractivity contribution in [3.05, 3.63) is 60.2 Å². The van der Waals surface area contributed by atoms with Gasteiger partial charge in [-0.3, -0.25) is 0 Å². The van der Waals surface area contributed by atoms with Crippen molar-refractivity contribution in [2.45, 2.75) is 13.0 Å². The number of anilines is 1. The molecule has 0 radical (unpaired) electrons. The van der Waals surface area contributed by atoms with Gasteiger partial charge in [-0.1, -0.05) is 30.3 Å². The number of hydrogen-bond acceptors (Lipinski definition) is 4. The summed E-state index contributed by atoms with van der Waals surface area (Å²) in [4.78, 5) is 16.2. The Balaban J connectivity index is 1.70. The van der Waals surface area contributed by atoms with Crippen molar-refractivity contribution in [3.63, 3.8) is 0 Å². The van der Waals surface area contributed by atoms with E-state index in [-0.39, 0.29) is 12.0 Å². The highest BCUT2D eigenvalue weighted by Crippen LogP contribution is 2.19. The molecule has 0 saturated carbocycles. The summed E-state index contributed by atoms with van der Waals surface area (Å²) < 4.78 is 10.6. The van der Waals surface area contributed by atoms with E-state index in [1.165, 1.54) is 10.6 Å². The quantitative estimate of drug-likeness (QED) is 0.801. The average molecular weight is 355 g/mol. The molecule has 1 saturated heterocycles. The van der Waals surface area contributed by atoms with Gasteiger partial charge in [0.2, 0.25) is 6.04 Å². The van der Waals surface area contributed by atoms with Crippen molar-refractivity contribution < 1.29 is 19.2 Å². The smallest absolute Gasteiger partial charge is 0.369 e. The SMILES string of the molecule is CCOC(=O)[C@@H](c1ccccc1)[NH+]1CCN(c2ccc(OC)cc2)CC1. The molecule has 138 valence electrons. The predicted molar refractivity (Wildman–Crippen MR) is 102 cm³/mol. The summed E-state index contributed by atoms with van der Waals surface area (Å²) in [5.74, 6) is 0.732. The Morgan fingerprint density at radius 3 is 2.31 bits per heavy atom. The van der Waals surface area contributed by atoms with Crippen LogP contribution in [-0.2, 0) is 9.53 Å². The molecule has 3 rings (SSSR count). The van der Waals surface area contributed by atoms with Crippen LogP contribution < -0.4 is 14.5 Å². The summed E-state index contributed by atoms with van der Waals surface area (Å²) in [5.41, 5.74) is 2.22. The number of carbonyl (C=O) groups is 1. The summed E-state index contributed by atoms with van der Waals surface area (Å²) in [5, 5.41) is 0. The van der Waals surface area contributed by atoms with Gasteiger partial charge in [-0.25, -0.2) is 4.79 Å². The van der Waals surface area contributed by atoms with Crippen LogP contribution in [0, 0.1) is 0 Å². The summed E-state index contributed by atoms with van der Waals surface area (Å²) in [6, 6.07) is 17.9. The van der Waals surface area contributed by atoms with Gasteiger partial charge in [-0.2, -0.15) is 0 Å². The number of nitrogens with zero attached hydrogens (tertiary/aromatic N) is 1. The van der Waals surface area contributed by atoms with E-state index in [4.69, 9.17) is 9.47 Å². The normalized spacial score (nSPS) is 16.2. The van der Waals surface area contributed by atoms with E-state index in [1.807, 2.05) is 49.4 Å². The van der Waals surface area contributed by atoms with Crippen LogP contribution in [0.5, 0.6) is 5.75 Å². The van der Waals surface area contributed by atoms with E-state index in [9.17, 15) is 4.79 Å². The average Bonchev–Trinajstić information content (AvgIpc) is 2.70. The van der Waals surface area contributed by atoms with E-state index >= 15 is 0 Å². The zero-order chi connectivity index (χ0) is 18.4. The molecule has 2 aromatic carbocycles. The Morgan fingerprint density at radius 2 is 1.73 bits per heavy atom. The van der Waals surface area contributed by atoms with Gasteiger partial charge in [0, 0.05) is 11.3 Å². The van der Waals surface area contributed by atoms with Crippen LogP contribution in [0.2, 0.25) is 0 Å². The van der Waals surface area contributed by atoms with Crippen molar-refractivity contribution >= 4 is 11.7 Å². The lowest BCUT2D eigenvalue weighted by atomic mass is 10.0. The molecule has 1 fully saturated rings. The Morgan fingerprint density at radius 1 is 1.08 bits per heavy atom. The molecule has 0 unspecified atom stereocenters. The molecule has 2 aromatic rings. The number of quaternary nitrogens is 1. The maximum atomic E-state index is 12.6. The first-order valence-electron chi connectivity index (χ1n) is 9.18. The molecular weight excluding hydrogens is 328 g/mol. The molecule has 26 heavy (non-hydrogen) atoms. The predicted octanol–water partition coefficient (Wildman–Crippen LogP) is 1.70. The van der Waals surface area contributed by atoms with Crippen molar-refractivity contribution in [2.24, 2.45) is 0 Å². The van der Waals surface area contributed by atoms with E-state index in [1.54, 1.807) is 7.11 Å². The van der Waals surface area contributed by atoms with Gasteiger partial charge in [0.1, 0.15) is 5.75 Å². The van der Waals surface area contributed by atoms with Gasteiger partial charge in [0.05, 0.1) is 39.9 Å². The third-order valence-corrected chi connectivity index (χ3v) is 4.91. The lowest BCUT2D eigenvalue weighted by molar-refractivity contribution is -0.923. The number of benzene rings is 2. The first-order chi connectivity index (χ1) is 12.7. The fourth-order valence-corrected chi connectivity index (χ4v) is 3.54. The van der Waals surface area contributed by atoms with Gasteiger partial charge in [-0.15, -0.1) is 0 Å². The number of hydrogen-bond donors (Lipinski definition) is 1. The lowest BCUT2D eigenvalue weighted by Gasteiger charge is -2.36. The highest BCUT2D eigenvalue weighted by atomic mass is 16.5. The molecule has 1 heterocycles. The van der Waals surface area contributed by atoms with Crippen molar-refractivity contribution in [3.8, 4) is 5.75 Å². The molecule has 1 N–H and O–H groups in total. The number of rotatable bonds is 6. The highest BCUT2D eigenvalue weighted by Gasteiger charge is 2.35. The molecule has 0 amide bonds. The van der Waals surface area contributed by atoms with Gasteiger partial charge in [0.15, 0.2) is 0 Å². The molecule has 1 atom stereocenters. The van der Waals surface area contributed by atoms with Crippen molar-refractivity contribution in [1.82, 2.24) is 0 Å². The molecule has 0 aliphatic carbocycles. The first kappa shape index (κ1) is 18.3. The van der Waals surface area contributed by atoms with Gasteiger partial charge in [0.25, 0.3) is 0 Å². The number of piperazine rings is 1. The van der Waals surface area contributed by atoms with Crippen LogP contribution in [0.25, 0.3) is 0 Å². The monoisotopic (exact) mass is 355 g/mol. The molecule has 1 aliphatic rings. The van der Waals surface area contributed by atoms with E-state index in [0.717, 1.165) is 37.5 Å². The zero-order valence-corrected chi connectivity index (χ0v) is 15.5. The van der Waals surface area contributed by atoms with E-state index in [2.05, 4.69) is 17.0 Å². The summed E-state index contributed by atoms with van der Waals surface area (Å²) in [6.45, 7) is 5.87. The minimum atomic E-state index is -0.255. The van der Waals surface area contributed by atoms with Gasteiger partial charge < -0.3 is 19.3 Å². The van der Waals surface area contributed by atoms with Gasteiger partial charge in [-0.05, 0) is 31.2 Å². The summed E-state index contributed by atoms with van der Waals surface area (Å²) >= 11 is 0. The maximum Gasteiger partial charge on any atom is 0.369 e. The number of esters is 1. The number of carbonyl (C=O) groups excluding carboxylic acids is 1. The second-order valence-electron chi connectivity index (χ2n) is 6.44. The second-order valence-corrected chi connectivity index (χ2v) is 6.44. The standard InChI is InChI=1S/C21H26N2O3/c1-3-26-21(24)20(17-7-5-4-6-8-17)23-15-13-22(14-16-23)18-9-11-19(25-2)12-10-18/h4-12,20H,3,13-16H2,1-2H3/p+1/t20-/m1/s1. The Hall–Kier alpha value is -2.53. The topological polar surface area (TPSA) is 43.2 Å². The zero-order valence-electron chi connectivity index (χ0n) is 15.5. The Labute approximate surface area is 155 Å². The molecule has 0 bridgehead atoms. The van der Waals surface area contributed by atoms with Crippen LogP contribution in [0.1, 0.15) is 18.5 Å². The van der Waals surface area contributed by atoms with Crippen molar-refractivity contribution in [1.29, 1.82) is 0 Å². The van der Waals surface area contributed by atoms with Crippen molar-refractivity contribution in [2.75, 3.05) is 44.8 Å². The van der Waals surface area contributed by atoms with Crippen LogP contribution in [0.15, 0.2) is 54.6 Å². The van der Waals surface area contributed by atoms with E-state index < -0.39 is 0 Å². The molecule has 1 aliphatic heterocycles. The third kappa shape index (κ3) is 4.17. The van der Waals surface area contributed by atoms with Crippen LogP contribution in [-0.4, -0.2) is 45.9 Å². The lowest BCUT2D eigenvalue weighted by Crippen LogP contribution is -3.16. The van der Waals surface area contributed by atoms with Crippen LogP contribution >= 0.6 is 0 Å². The molecule has 0 aromatic heterocycles. The number of methoxy groups -OCH3 is 1. The minimum absolute atomic E-state index is 0.133. The van der Waals surface area contributed by atoms with E-state index in [0.29, 0.717) is 6.61 Å². The molecule has 5 nitrogen and oxygen atoms in total. The number of nitrogens with one attached hydrogen (secondary N) is 1. The molecular formula is C21H27N2O3+. The fraction of sp³-hybridized carbons (Fsp3) is 0.381. The third-order valence-electron chi connectivity index (χ3n) is 4.91. The van der Waals surface area contributed by atoms with Crippen LogP contribution in [0.3, 0.4) is 0 Å². The summed E-state index contributed by atoms with van der Waals surface area (Å²) in [7, 11) is 1.68. The molecule has 0 spiro atoms. The Kier molecular flexibility index (Phi) is 6.12. The highest BCUT2D eigenvalue weighted by molar-refractivity contribution is 5.76. The number of ether oxygens (including phenoxy) is 2. The second kappa shape index (κ2) is 8.72. The van der Waals surface area contributed by atoms with Crippen LogP contribution in [0.4, 0.5) is 5.69 Å². The largest absolute Gasteiger partial charge is 0.497 e. The Bertz CT molecular complexity index is 695. The van der Waals surface area contributed by atoms with Gasteiger partial charge >= 0.3 is 5.97 Å². The first-order valence-corrected chi connectivity index (χ1v) is 9.18. The fourth-order valence-electron chi connectivity index (χ4n) is 3.54.